The average Bonchev–Trinajstić information content (AvgIpc) is 3.29. The van der Waals surface area contributed by atoms with Crippen molar-refractivity contribution in [1.29, 1.82) is 0 Å². The molecule has 0 saturated carbocycles. The minimum Gasteiger partial charge on any atom is -0.461 e. The number of benzene rings is 2. The third-order valence-electron chi connectivity index (χ3n) is 6.16. The summed E-state index contributed by atoms with van der Waals surface area (Å²) in [4.78, 5) is 50.7. The Morgan fingerprint density at radius 1 is 0.860 bits per heavy atom. The fraction of sp³-hybridized carbons (Fsp3) is 0.375. The summed E-state index contributed by atoms with van der Waals surface area (Å²) in [5.41, 5.74) is 3.45. The predicted molar refractivity (Wildman–Crippen MR) is 165 cm³/mol. The number of nitrogens with one attached hydrogen (secondary N) is 2. The SMILES string of the molecule is C=CCOC(=O)NCC(SC[C@H](NC(=O)OCC1c2ccccc2-c2ccccc21)C(=O)OC(C)(C)C)C(=O)OCC=C. The highest BCUT2D eigenvalue weighted by molar-refractivity contribution is 8.00. The van der Waals surface area contributed by atoms with E-state index in [1.165, 1.54) is 12.2 Å². The van der Waals surface area contributed by atoms with Gasteiger partial charge in [0.05, 0.1) is 0 Å². The summed E-state index contributed by atoms with van der Waals surface area (Å²) < 4.78 is 21.2. The number of amides is 2. The number of alkyl carbamates (subject to hydrolysis) is 2. The van der Waals surface area contributed by atoms with Crippen LogP contribution in [-0.2, 0) is 28.5 Å². The van der Waals surface area contributed by atoms with Gasteiger partial charge < -0.3 is 29.6 Å². The van der Waals surface area contributed by atoms with Crippen LogP contribution in [0.25, 0.3) is 11.1 Å². The maximum absolute atomic E-state index is 13.1. The Balaban J connectivity index is 1.69. The number of esters is 2. The first kappa shape index (κ1) is 33.3. The van der Waals surface area contributed by atoms with E-state index in [1.807, 2.05) is 48.5 Å². The van der Waals surface area contributed by atoms with Crippen LogP contribution < -0.4 is 10.6 Å². The van der Waals surface area contributed by atoms with Crippen LogP contribution in [0.1, 0.15) is 37.8 Å². The first-order valence-electron chi connectivity index (χ1n) is 13.8. The summed E-state index contributed by atoms with van der Waals surface area (Å²) in [5, 5.41) is 4.16. The van der Waals surface area contributed by atoms with E-state index in [0.717, 1.165) is 34.0 Å². The quantitative estimate of drug-likeness (QED) is 0.173. The predicted octanol–water partition coefficient (Wildman–Crippen LogP) is 4.98. The number of thioether (sulfide) groups is 1. The Morgan fingerprint density at radius 3 is 2.02 bits per heavy atom. The van der Waals surface area contributed by atoms with Crippen LogP contribution in [0, 0.1) is 0 Å². The third-order valence-corrected chi connectivity index (χ3v) is 7.45. The van der Waals surface area contributed by atoms with Gasteiger partial charge >= 0.3 is 24.1 Å². The molecule has 0 saturated heterocycles. The number of fused-ring (bicyclic) bond motifs is 3. The van der Waals surface area contributed by atoms with Crippen LogP contribution in [0.5, 0.6) is 0 Å². The van der Waals surface area contributed by atoms with Gasteiger partial charge in [0, 0.05) is 18.2 Å². The van der Waals surface area contributed by atoms with Gasteiger partial charge in [-0.2, -0.15) is 0 Å². The molecule has 2 aromatic rings. The molecule has 0 spiro atoms. The van der Waals surface area contributed by atoms with Gasteiger partial charge in [-0.15, -0.1) is 11.8 Å². The minimum absolute atomic E-state index is 0.00463. The van der Waals surface area contributed by atoms with Crippen LogP contribution in [0.3, 0.4) is 0 Å². The number of hydrogen-bond acceptors (Lipinski definition) is 9. The van der Waals surface area contributed by atoms with Crippen LogP contribution >= 0.6 is 11.8 Å². The standard InChI is InChI=1S/C32H38N2O8S/c1-6-16-39-29(36)27(18-33-30(37)40-17-7-2)43-20-26(28(35)42-32(3,4)5)34-31(38)41-19-25-23-14-10-8-12-21(23)22-13-9-11-15-24(22)25/h6-15,25-27H,1-2,16-20H2,3-5H3,(H,33,37)(H,34,38)/t26-,27?/m0/s1. The topological polar surface area (TPSA) is 129 Å². The maximum atomic E-state index is 13.1. The molecule has 1 aliphatic rings. The highest BCUT2D eigenvalue weighted by atomic mass is 32.2. The summed E-state index contributed by atoms with van der Waals surface area (Å²) in [6, 6.07) is 14.7. The van der Waals surface area contributed by atoms with Crippen LogP contribution in [-0.4, -0.2) is 73.1 Å². The van der Waals surface area contributed by atoms with Crippen molar-refractivity contribution in [3.05, 3.63) is 85.0 Å². The van der Waals surface area contributed by atoms with Gasteiger partial charge in [0.15, 0.2) is 0 Å². The summed E-state index contributed by atoms with van der Waals surface area (Å²) in [7, 11) is 0. The molecule has 1 aliphatic carbocycles. The monoisotopic (exact) mass is 610 g/mol. The van der Waals surface area contributed by atoms with Crippen molar-refractivity contribution in [2.75, 3.05) is 32.1 Å². The summed E-state index contributed by atoms with van der Waals surface area (Å²) in [6.45, 7) is 12.0. The fourth-order valence-corrected chi connectivity index (χ4v) is 5.39. The van der Waals surface area contributed by atoms with Gasteiger partial charge in [-0.25, -0.2) is 14.4 Å². The molecular formula is C32H38N2O8S. The summed E-state index contributed by atoms with van der Waals surface area (Å²) >= 11 is 1.00. The highest BCUT2D eigenvalue weighted by Crippen LogP contribution is 2.44. The lowest BCUT2D eigenvalue weighted by Gasteiger charge is -2.25. The molecule has 230 valence electrons. The molecule has 0 heterocycles. The van der Waals surface area contributed by atoms with Crippen LogP contribution in [0.15, 0.2) is 73.8 Å². The second kappa shape index (κ2) is 15.8. The van der Waals surface area contributed by atoms with Crippen LogP contribution in [0.2, 0.25) is 0 Å². The number of hydrogen-bond donors (Lipinski definition) is 2. The van der Waals surface area contributed by atoms with Crippen molar-refractivity contribution < 1.29 is 38.1 Å². The lowest BCUT2D eigenvalue weighted by Crippen LogP contribution is -2.47. The first-order valence-corrected chi connectivity index (χ1v) is 14.8. The molecular weight excluding hydrogens is 572 g/mol. The van der Waals surface area contributed by atoms with Crippen molar-refractivity contribution in [3.8, 4) is 11.1 Å². The van der Waals surface area contributed by atoms with Gasteiger partial charge in [-0.05, 0) is 43.0 Å². The normalized spacial score (nSPS) is 13.4. The van der Waals surface area contributed by atoms with Crippen molar-refractivity contribution in [2.24, 2.45) is 0 Å². The number of rotatable bonds is 14. The molecule has 3 rings (SSSR count). The number of carbonyl (C=O) groups excluding carboxylic acids is 4. The lowest BCUT2D eigenvalue weighted by atomic mass is 9.98. The van der Waals surface area contributed by atoms with E-state index in [9.17, 15) is 19.2 Å². The highest BCUT2D eigenvalue weighted by Gasteiger charge is 2.32. The molecule has 0 fully saturated rings. The molecule has 0 aliphatic heterocycles. The average molecular weight is 611 g/mol. The Kier molecular flexibility index (Phi) is 12.2. The molecule has 10 nitrogen and oxygen atoms in total. The lowest BCUT2D eigenvalue weighted by molar-refractivity contribution is -0.156. The van der Waals surface area contributed by atoms with Gasteiger partial charge in [0.25, 0.3) is 0 Å². The number of ether oxygens (including phenoxy) is 4. The zero-order valence-electron chi connectivity index (χ0n) is 24.6. The molecule has 11 heteroatoms. The Hall–Kier alpha value is -4.25. The molecule has 2 atom stereocenters. The molecule has 0 aromatic heterocycles. The van der Waals surface area contributed by atoms with Crippen molar-refractivity contribution in [3.63, 3.8) is 0 Å². The van der Waals surface area contributed by atoms with E-state index >= 15 is 0 Å². The van der Waals surface area contributed by atoms with Crippen molar-refractivity contribution in [1.82, 2.24) is 10.6 Å². The van der Waals surface area contributed by atoms with Crippen LogP contribution in [0.4, 0.5) is 9.59 Å². The fourth-order valence-electron chi connectivity index (χ4n) is 4.34. The van der Waals surface area contributed by atoms with E-state index in [4.69, 9.17) is 18.9 Å². The zero-order chi connectivity index (χ0) is 31.4. The van der Waals surface area contributed by atoms with E-state index < -0.39 is 41.0 Å². The third kappa shape index (κ3) is 9.92. The molecule has 2 N–H and O–H groups in total. The van der Waals surface area contributed by atoms with E-state index in [1.54, 1.807) is 20.8 Å². The van der Waals surface area contributed by atoms with Gasteiger partial charge in [0.1, 0.15) is 36.7 Å². The largest absolute Gasteiger partial charge is 0.461 e. The molecule has 43 heavy (non-hydrogen) atoms. The zero-order valence-corrected chi connectivity index (χ0v) is 25.4. The maximum Gasteiger partial charge on any atom is 0.407 e. The second-order valence-corrected chi connectivity index (χ2v) is 11.8. The van der Waals surface area contributed by atoms with E-state index in [0.29, 0.717) is 0 Å². The smallest absolute Gasteiger partial charge is 0.407 e. The summed E-state index contributed by atoms with van der Waals surface area (Å²) in [6.07, 6.45) is 1.26. The van der Waals surface area contributed by atoms with Gasteiger partial charge in [-0.3, -0.25) is 4.79 Å². The molecule has 2 aromatic carbocycles. The molecule has 0 radical (unpaired) electrons. The molecule has 2 amide bonds. The van der Waals surface area contributed by atoms with Gasteiger partial charge in [-0.1, -0.05) is 73.8 Å². The minimum atomic E-state index is -1.16. The molecule has 0 bridgehead atoms. The first-order chi connectivity index (χ1) is 20.5. The van der Waals surface area contributed by atoms with E-state index in [-0.39, 0.29) is 38.0 Å². The summed E-state index contributed by atoms with van der Waals surface area (Å²) in [5.74, 6) is -1.58. The Bertz CT molecular complexity index is 1280. The van der Waals surface area contributed by atoms with E-state index in [2.05, 4.69) is 23.8 Å². The van der Waals surface area contributed by atoms with Crippen molar-refractivity contribution in [2.45, 2.75) is 43.6 Å². The molecule has 1 unspecified atom stereocenters. The van der Waals surface area contributed by atoms with Crippen molar-refractivity contribution >= 4 is 35.9 Å². The van der Waals surface area contributed by atoms with Gasteiger partial charge in [0.2, 0.25) is 0 Å². The Morgan fingerprint density at radius 2 is 1.44 bits per heavy atom. The Labute approximate surface area is 256 Å². The number of carbonyl (C=O) groups is 4. The second-order valence-electron chi connectivity index (χ2n) is 10.6.